The van der Waals surface area contributed by atoms with Gasteiger partial charge >= 0.3 is 7.12 Å². The summed E-state index contributed by atoms with van der Waals surface area (Å²) in [6.45, 7) is 10.0. The zero-order valence-electron chi connectivity index (χ0n) is 16.0. The molecule has 1 aromatic carbocycles. The summed E-state index contributed by atoms with van der Waals surface area (Å²) >= 11 is 0. The lowest BCUT2D eigenvalue weighted by Crippen LogP contribution is -2.41. The molecule has 0 bridgehead atoms. The Kier molecular flexibility index (Phi) is 5.81. The van der Waals surface area contributed by atoms with Crippen LogP contribution in [-0.2, 0) is 20.5 Å². The SMILES string of the molecule is COc1ccc(CC(C)NC(=O)CN)cc1B1OC(C)(C)C(C)(C)O1. The number of amides is 1. The van der Waals surface area contributed by atoms with Gasteiger partial charge in [0.05, 0.1) is 24.9 Å². The number of nitrogens with one attached hydrogen (secondary N) is 1. The number of hydrogen-bond acceptors (Lipinski definition) is 5. The Labute approximate surface area is 150 Å². The van der Waals surface area contributed by atoms with Crippen molar-refractivity contribution in [3.63, 3.8) is 0 Å². The van der Waals surface area contributed by atoms with Crippen molar-refractivity contribution < 1.29 is 18.8 Å². The molecule has 2 rings (SSSR count). The molecule has 7 heteroatoms. The van der Waals surface area contributed by atoms with Crippen LogP contribution in [0.25, 0.3) is 0 Å². The van der Waals surface area contributed by atoms with E-state index in [2.05, 4.69) is 5.32 Å². The highest BCUT2D eigenvalue weighted by Crippen LogP contribution is 2.37. The molecule has 1 saturated heterocycles. The number of rotatable bonds is 6. The molecule has 1 atom stereocenters. The van der Waals surface area contributed by atoms with Gasteiger partial charge < -0.3 is 25.1 Å². The first kappa shape index (κ1) is 19.8. The molecule has 1 amide bonds. The Hall–Kier alpha value is -1.57. The first-order valence-corrected chi connectivity index (χ1v) is 8.61. The van der Waals surface area contributed by atoms with Crippen LogP contribution in [0.1, 0.15) is 40.2 Å². The fourth-order valence-corrected chi connectivity index (χ4v) is 2.80. The maximum Gasteiger partial charge on any atom is 0.498 e. The molecule has 25 heavy (non-hydrogen) atoms. The number of carbonyl (C=O) groups is 1. The van der Waals surface area contributed by atoms with Gasteiger partial charge in [-0.25, -0.2) is 0 Å². The van der Waals surface area contributed by atoms with Crippen molar-refractivity contribution in [2.75, 3.05) is 13.7 Å². The van der Waals surface area contributed by atoms with Crippen LogP contribution < -0.4 is 21.3 Å². The third-order valence-corrected chi connectivity index (χ3v) is 4.94. The molecule has 1 fully saturated rings. The summed E-state index contributed by atoms with van der Waals surface area (Å²) in [6.07, 6.45) is 0.683. The summed E-state index contributed by atoms with van der Waals surface area (Å²) < 4.78 is 17.8. The number of methoxy groups -OCH3 is 1. The molecule has 1 heterocycles. The van der Waals surface area contributed by atoms with E-state index < -0.39 is 18.3 Å². The van der Waals surface area contributed by atoms with E-state index in [9.17, 15) is 4.79 Å². The quantitative estimate of drug-likeness (QED) is 0.750. The molecular formula is C18H29BN2O4. The minimum atomic E-state index is -0.492. The van der Waals surface area contributed by atoms with Gasteiger partial charge in [0.2, 0.25) is 5.91 Å². The second-order valence-electron chi connectivity index (χ2n) is 7.54. The summed E-state index contributed by atoms with van der Waals surface area (Å²) in [5, 5.41) is 2.86. The zero-order valence-corrected chi connectivity index (χ0v) is 16.0. The topological polar surface area (TPSA) is 82.8 Å². The predicted octanol–water partition coefficient (Wildman–Crippen LogP) is 1.00. The number of benzene rings is 1. The number of ether oxygens (including phenoxy) is 1. The highest BCUT2D eigenvalue weighted by molar-refractivity contribution is 6.63. The Balaban J connectivity index is 2.22. The van der Waals surface area contributed by atoms with Gasteiger partial charge in [0.25, 0.3) is 0 Å². The lowest BCUT2D eigenvalue weighted by atomic mass is 9.77. The molecule has 0 radical (unpaired) electrons. The van der Waals surface area contributed by atoms with E-state index in [-0.39, 0.29) is 18.5 Å². The van der Waals surface area contributed by atoms with Crippen molar-refractivity contribution in [2.45, 2.75) is 58.3 Å². The van der Waals surface area contributed by atoms with E-state index >= 15 is 0 Å². The Bertz CT molecular complexity index is 618. The normalized spacial score (nSPS) is 19.6. The molecule has 1 aliphatic heterocycles. The molecule has 3 N–H and O–H groups in total. The molecule has 1 unspecified atom stereocenters. The molecule has 0 saturated carbocycles. The highest BCUT2D eigenvalue weighted by atomic mass is 16.7. The van der Waals surface area contributed by atoms with Gasteiger partial charge in [0, 0.05) is 11.5 Å². The van der Waals surface area contributed by atoms with Gasteiger partial charge in [-0.1, -0.05) is 12.1 Å². The number of nitrogens with two attached hydrogens (primary N) is 1. The third-order valence-electron chi connectivity index (χ3n) is 4.94. The minimum Gasteiger partial charge on any atom is -0.497 e. The summed E-state index contributed by atoms with van der Waals surface area (Å²) in [7, 11) is 1.14. The van der Waals surface area contributed by atoms with Crippen LogP contribution in [0.3, 0.4) is 0 Å². The van der Waals surface area contributed by atoms with E-state index in [0.717, 1.165) is 16.8 Å². The van der Waals surface area contributed by atoms with E-state index in [1.54, 1.807) is 7.11 Å². The Morgan fingerprint density at radius 1 is 1.28 bits per heavy atom. The molecule has 0 aliphatic carbocycles. The lowest BCUT2D eigenvalue weighted by Gasteiger charge is -2.32. The average molecular weight is 348 g/mol. The summed E-state index contributed by atoms with van der Waals surface area (Å²) in [5.74, 6) is 0.563. The van der Waals surface area contributed by atoms with Gasteiger partial charge in [-0.05, 0) is 52.7 Å². The van der Waals surface area contributed by atoms with Gasteiger partial charge in [-0.15, -0.1) is 0 Å². The van der Waals surface area contributed by atoms with Crippen LogP contribution in [0, 0.1) is 0 Å². The van der Waals surface area contributed by atoms with Crippen LogP contribution in [0.2, 0.25) is 0 Å². The van der Waals surface area contributed by atoms with Crippen molar-refractivity contribution in [1.82, 2.24) is 5.32 Å². The zero-order chi connectivity index (χ0) is 18.8. The van der Waals surface area contributed by atoms with E-state index in [0.29, 0.717) is 6.42 Å². The first-order valence-electron chi connectivity index (χ1n) is 8.61. The maximum absolute atomic E-state index is 11.4. The van der Waals surface area contributed by atoms with Crippen LogP contribution in [0.4, 0.5) is 0 Å². The molecule has 1 aromatic rings. The second kappa shape index (κ2) is 7.36. The van der Waals surface area contributed by atoms with Gasteiger partial charge in [0.1, 0.15) is 5.75 Å². The van der Waals surface area contributed by atoms with Crippen LogP contribution >= 0.6 is 0 Å². The van der Waals surface area contributed by atoms with Crippen LogP contribution in [0.5, 0.6) is 5.75 Å². The molecule has 0 spiro atoms. The van der Waals surface area contributed by atoms with Crippen molar-refractivity contribution >= 4 is 18.5 Å². The van der Waals surface area contributed by atoms with Gasteiger partial charge in [0.15, 0.2) is 0 Å². The number of carbonyl (C=O) groups excluding carboxylic acids is 1. The number of hydrogen-bond donors (Lipinski definition) is 2. The molecule has 1 aliphatic rings. The van der Waals surface area contributed by atoms with Crippen molar-refractivity contribution in [1.29, 1.82) is 0 Å². The maximum atomic E-state index is 11.4. The van der Waals surface area contributed by atoms with Crippen molar-refractivity contribution in [3.8, 4) is 5.75 Å². The molecule has 138 valence electrons. The Morgan fingerprint density at radius 2 is 1.88 bits per heavy atom. The monoisotopic (exact) mass is 348 g/mol. The molecular weight excluding hydrogens is 319 g/mol. The minimum absolute atomic E-state index is 0.00782. The fraction of sp³-hybridized carbons (Fsp3) is 0.611. The van der Waals surface area contributed by atoms with Crippen molar-refractivity contribution in [3.05, 3.63) is 23.8 Å². The van der Waals surface area contributed by atoms with Gasteiger partial charge in [-0.3, -0.25) is 4.79 Å². The molecule has 6 nitrogen and oxygen atoms in total. The molecule has 0 aromatic heterocycles. The standard InChI is InChI=1S/C18H29BN2O4/c1-12(21-16(22)11-20)9-13-7-8-15(23-6)14(10-13)19-24-17(2,3)18(4,5)25-19/h7-8,10,12H,9,11,20H2,1-6H3,(H,21,22). The van der Waals surface area contributed by atoms with Gasteiger partial charge in [-0.2, -0.15) is 0 Å². The first-order chi connectivity index (χ1) is 11.6. The second-order valence-corrected chi connectivity index (χ2v) is 7.54. The van der Waals surface area contributed by atoms with Crippen molar-refractivity contribution in [2.24, 2.45) is 5.73 Å². The summed E-state index contributed by atoms with van der Waals surface area (Å²) in [5.41, 5.74) is 6.44. The van der Waals surface area contributed by atoms with Crippen LogP contribution in [-0.4, -0.2) is 43.9 Å². The smallest absolute Gasteiger partial charge is 0.497 e. The fourth-order valence-electron chi connectivity index (χ4n) is 2.80. The highest BCUT2D eigenvalue weighted by Gasteiger charge is 2.52. The largest absolute Gasteiger partial charge is 0.498 e. The third kappa shape index (κ3) is 4.34. The summed E-state index contributed by atoms with van der Waals surface area (Å²) in [6, 6.07) is 5.90. The van der Waals surface area contributed by atoms with E-state index in [1.807, 2.05) is 52.8 Å². The Morgan fingerprint density at radius 3 is 2.40 bits per heavy atom. The average Bonchev–Trinajstić information content (AvgIpc) is 2.75. The predicted molar refractivity (Wildman–Crippen MR) is 99.1 cm³/mol. The summed E-state index contributed by atoms with van der Waals surface area (Å²) in [4.78, 5) is 11.4. The lowest BCUT2D eigenvalue weighted by molar-refractivity contribution is -0.120. The van der Waals surface area contributed by atoms with E-state index in [1.165, 1.54) is 0 Å². The van der Waals surface area contributed by atoms with E-state index in [4.69, 9.17) is 19.8 Å². The van der Waals surface area contributed by atoms with Crippen LogP contribution in [0.15, 0.2) is 18.2 Å².